The lowest BCUT2D eigenvalue weighted by atomic mass is 10.3. The molecule has 0 fully saturated rings. The fraction of sp³-hybridized carbons (Fsp3) is 0.111. The topological polar surface area (TPSA) is 77.5 Å². The second-order valence-corrected chi connectivity index (χ2v) is 2.51. The Balaban J connectivity index is 2.82. The molecule has 1 aromatic heterocycles. The molecule has 1 rings (SSSR count). The zero-order valence-electron chi connectivity index (χ0n) is 7.69. The third kappa shape index (κ3) is 2.78. The van der Waals surface area contributed by atoms with Crippen molar-refractivity contribution < 1.29 is 9.90 Å². The monoisotopic (exact) mass is 193 g/mol. The summed E-state index contributed by atoms with van der Waals surface area (Å²) in [4.78, 5) is 13.2. The third-order valence-electron chi connectivity index (χ3n) is 1.47. The fourth-order valence-corrected chi connectivity index (χ4v) is 0.801. The van der Waals surface area contributed by atoms with E-state index in [1.807, 2.05) is 6.92 Å². The van der Waals surface area contributed by atoms with Gasteiger partial charge in [0.15, 0.2) is 0 Å². The number of nitrogens with zero attached hydrogens (tertiary/aromatic N) is 1. The van der Waals surface area contributed by atoms with Gasteiger partial charge in [-0.3, -0.25) is 5.43 Å². The molecule has 3 N–H and O–H groups in total. The van der Waals surface area contributed by atoms with Gasteiger partial charge in [0.2, 0.25) is 0 Å². The number of H-pyrrole nitrogens is 1. The molecule has 1 heterocycles. The van der Waals surface area contributed by atoms with E-state index in [1.165, 1.54) is 12.3 Å². The van der Waals surface area contributed by atoms with Crippen LogP contribution in [0.15, 0.2) is 35.7 Å². The summed E-state index contributed by atoms with van der Waals surface area (Å²) in [6, 6.07) is 3.06. The number of hydrogen-bond acceptors (Lipinski definition) is 3. The molecular formula is C9H11N3O2. The Morgan fingerprint density at radius 1 is 1.64 bits per heavy atom. The van der Waals surface area contributed by atoms with Gasteiger partial charge < -0.3 is 10.1 Å². The van der Waals surface area contributed by atoms with Gasteiger partial charge in [0, 0.05) is 12.4 Å². The van der Waals surface area contributed by atoms with Gasteiger partial charge in [-0.05, 0) is 19.1 Å². The van der Waals surface area contributed by atoms with Gasteiger partial charge in [0.05, 0.1) is 5.56 Å². The summed E-state index contributed by atoms with van der Waals surface area (Å²) in [5.74, 6) is -0.964. The molecule has 0 saturated heterocycles. The van der Waals surface area contributed by atoms with E-state index in [4.69, 9.17) is 5.11 Å². The number of carboxylic acid groups (broad SMARTS) is 1. The largest absolute Gasteiger partial charge is 0.478 e. The summed E-state index contributed by atoms with van der Waals surface area (Å²) in [6.45, 7) is 1.86. The third-order valence-corrected chi connectivity index (χ3v) is 1.47. The summed E-state index contributed by atoms with van der Waals surface area (Å²) in [5, 5.41) is 12.5. The van der Waals surface area contributed by atoms with Crippen LogP contribution >= 0.6 is 0 Å². The highest BCUT2D eigenvalue weighted by Crippen LogP contribution is 1.90. The van der Waals surface area contributed by atoms with Crippen LogP contribution in [0.3, 0.4) is 0 Å². The minimum absolute atomic E-state index is 0.204. The molecule has 0 radical (unpaired) electrons. The number of allylic oxidation sites excluding steroid dienone is 1. The fourth-order valence-electron chi connectivity index (χ4n) is 0.801. The molecule has 0 aromatic carbocycles. The minimum atomic E-state index is -0.964. The lowest BCUT2D eigenvalue weighted by Crippen LogP contribution is -2.12. The molecule has 0 aliphatic carbocycles. The van der Waals surface area contributed by atoms with Gasteiger partial charge in [-0.2, -0.15) is 5.10 Å². The number of pyridine rings is 1. The summed E-state index contributed by atoms with van der Waals surface area (Å²) >= 11 is 0. The Kier molecular flexibility index (Phi) is 3.49. The van der Waals surface area contributed by atoms with Crippen LogP contribution in [0.25, 0.3) is 0 Å². The molecular weight excluding hydrogens is 182 g/mol. The van der Waals surface area contributed by atoms with Crippen LogP contribution < -0.4 is 10.9 Å². The Morgan fingerprint density at radius 3 is 2.93 bits per heavy atom. The van der Waals surface area contributed by atoms with Crippen molar-refractivity contribution in [2.75, 3.05) is 0 Å². The zero-order valence-corrected chi connectivity index (χ0v) is 7.69. The molecule has 14 heavy (non-hydrogen) atoms. The molecule has 0 atom stereocenters. The van der Waals surface area contributed by atoms with Gasteiger partial charge in [0.25, 0.3) is 0 Å². The molecule has 0 bridgehead atoms. The number of rotatable bonds is 3. The van der Waals surface area contributed by atoms with Crippen LogP contribution in [0.2, 0.25) is 0 Å². The van der Waals surface area contributed by atoms with E-state index in [0.717, 1.165) is 0 Å². The maximum Gasteiger partial charge on any atom is 0.337 e. The summed E-state index contributed by atoms with van der Waals surface area (Å²) in [5.41, 5.74) is 3.43. The standard InChI is InChI=1S/C9H11N3O2/c1-2-5-11-12-8-4-3-7(6-10-8)9(13)14/h2-6,11H,1H3,(H,10,12)(H,13,14). The Hall–Kier alpha value is -2.04. The second kappa shape index (κ2) is 4.86. The van der Waals surface area contributed by atoms with E-state index >= 15 is 0 Å². The van der Waals surface area contributed by atoms with E-state index in [9.17, 15) is 4.79 Å². The van der Waals surface area contributed by atoms with Gasteiger partial charge in [0.1, 0.15) is 5.49 Å². The van der Waals surface area contributed by atoms with Gasteiger partial charge in [-0.25, -0.2) is 4.79 Å². The smallest absolute Gasteiger partial charge is 0.337 e. The predicted octanol–water partition coefficient (Wildman–Crippen LogP) is 0.652. The van der Waals surface area contributed by atoms with E-state index < -0.39 is 5.97 Å². The number of carboxylic acids is 1. The molecule has 5 heteroatoms. The van der Waals surface area contributed by atoms with E-state index in [2.05, 4.69) is 15.5 Å². The number of nitrogens with one attached hydrogen (secondary N) is 2. The van der Waals surface area contributed by atoms with Crippen LogP contribution in [0.5, 0.6) is 0 Å². The first-order valence-electron chi connectivity index (χ1n) is 4.06. The van der Waals surface area contributed by atoms with E-state index in [0.29, 0.717) is 5.49 Å². The normalized spacial score (nSPS) is 11.9. The first-order chi connectivity index (χ1) is 6.74. The van der Waals surface area contributed by atoms with Crippen molar-refractivity contribution in [3.8, 4) is 0 Å². The molecule has 5 nitrogen and oxygen atoms in total. The highest BCUT2D eigenvalue weighted by molar-refractivity contribution is 5.86. The molecule has 0 aliphatic rings. The molecule has 0 saturated carbocycles. The average Bonchev–Trinajstić information content (AvgIpc) is 2.19. The quantitative estimate of drug-likeness (QED) is 0.617. The maximum absolute atomic E-state index is 10.5. The van der Waals surface area contributed by atoms with Crippen molar-refractivity contribution in [2.45, 2.75) is 6.92 Å². The summed E-state index contributed by atoms with van der Waals surface area (Å²) in [6.07, 6.45) is 4.85. The predicted molar refractivity (Wildman–Crippen MR) is 51.3 cm³/mol. The average molecular weight is 193 g/mol. The molecule has 0 amide bonds. The number of aromatic nitrogens is 1. The first-order valence-corrected chi connectivity index (χ1v) is 4.06. The molecule has 0 unspecified atom stereocenters. The van der Waals surface area contributed by atoms with Crippen LogP contribution in [0, 0.1) is 0 Å². The van der Waals surface area contributed by atoms with Crippen molar-refractivity contribution in [3.63, 3.8) is 0 Å². The van der Waals surface area contributed by atoms with Gasteiger partial charge in [-0.1, -0.05) is 6.08 Å². The molecule has 0 spiro atoms. The summed E-state index contributed by atoms with van der Waals surface area (Å²) < 4.78 is 0. The molecule has 0 aliphatic heterocycles. The Labute approximate surface area is 80.8 Å². The van der Waals surface area contributed by atoms with E-state index in [-0.39, 0.29) is 5.56 Å². The number of aromatic amines is 1. The van der Waals surface area contributed by atoms with Gasteiger partial charge >= 0.3 is 5.97 Å². The number of aromatic carboxylic acids is 1. The summed E-state index contributed by atoms with van der Waals surface area (Å²) in [7, 11) is 0. The van der Waals surface area contributed by atoms with Crippen molar-refractivity contribution >= 4 is 5.97 Å². The van der Waals surface area contributed by atoms with Crippen LogP contribution in [0.1, 0.15) is 17.3 Å². The Bertz CT molecular complexity index is 386. The van der Waals surface area contributed by atoms with Crippen molar-refractivity contribution in [1.82, 2.24) is 10.4 Å². The minimum Gasteiger partial charge on any atom is -0.478 e. The zero-order chi connectivity index (χ0) is 10.4. The lowest BCUT2D eigenvalue weighted by Gasteiger charge is -1.93. The highest BCUT2D eigenvalue weighted by atomic mass is 16.4. The van der Waals surface area contributed by atoms with Gasteiger partial charge in [-0.15, -0.1) is 0 Å². The maximum atomic E-state index is 10.5. The van der Waals surface area contributed by atoms with E-state index in [1.54, 1.807) is 18.3 Å². The first kappa shape index (κ1) is 10.0. The highest BCUT2D eigenvalue weighted by Gasteiger charge is 1.98. The van der Waals surface area contributed by atoms with Crippen LogP contribution in [0.4, 0.5) is 0 Å². The van der Waals surface area contributed by atoms with Crippen molar-refractivity contribution in [1.29, 1.82) is 0 Å². The second-order valence-electron chi connectivity index (χ2n) is 2.51. The molecule has 1 aromatic rings. The molecule has 74 valence electrons. The van der Waals surface area contributed by atoms with Crippen LogP contribution in [-0.4, -0.2) is 16.1 Å². The van der Waals surface area contributed by atoms with Crippen molar-refractivity contribution in [2.24, 2.45) is 5.10 Å². The number of hydrogen-bond donors (Lipinski definition) is 3. The van der Waals surface area contributed by atoms with Crippen molar-refractivity contribution in [3.05, 3.63) is 41.7 Å². The van der Waals surface area contributed by atoms with Crippen LogP contribution in [-0.2, 0) is 0 Å². The number of carbonyl (C=O) groups is 1. The SMILES string of the molecule is CC=CNN=c1ccc(C(=O)O)c[nH]1. The Morgan fingerprint density at radius 2 is 2.43 bits per heavy atom. The lowest BCUT2D eigenvalue weighted by molar-refractivity contribution is 0.0696.